The van der Waals surface area contributed by atoms with Gasteiger partial charge in [0.05, 0.1) is 7.11 Å². The van der Waals surface area contributed by atoms with Crippen LogP contribution in [-0.2, 0) is 5.41 Å². The lowest BCUT2D eigenvalue weighted by Crippen LogP contribution is -2.32. The molecular weight excluding hydrogens is 255 g/mol. The van der Waals surface area contributed by atoms with Crippen molar-refractivity contribution in [3.05, 3.63) is 29.1 Å². The first-order chi connectivity index (χ1) is 9.04. The molecule has 0 unspecified atom stereocenters. The molecule has 0 atom stereocenters. The summed E-state index contributed by atoms with van der Waals surface area (Å²) in [6.45, 7) is 0.315. The Morgan fingerprint density at radius 3 is 2.42 bits per heavy atom. The molecule has 2 nitrogen and oxygen atoms in total. The van der Waals surface area contributed by atoms with Crippen LogP contribution >= 0.6 is 0 Å². The summed E-state index contributed by atoms with van der Waals surface area (Å²) >= 11 is 0. The van der Waals surface area contributed by atoms with E-state index in [1.54, 1.807) is 0 Å². The van der Waals surface area contributed by atoms with E-state index in [9.17, 15) is 13.2 Å². The topological polar surface area (TPSA) is 35.2 Å². The van der Waals surface area contributed by atoms with Crippen molar-refractivity contribution in [2.24, 2.45) is 5.73 Å². The minimum Gasteiger partial charge on any atom is -0.493 e. The van der Waals surface area contributed by atoms with Crippen LogP contribution in [0.25, 0.3) is 0 Å². The predicted octanol–water partition coefficient (Wildman–Crippen LogP) is 3.54. The molecule has 0 aliphatic heterocycles. The molecule has 1 saturated carbocycles. The van der Waals surface area contributed by atoms with Crippen LogP contribution in [0.1, 0.15) is 43.2 Å². The number of rotatable bonds is 4. The van der Waals surface area contributed by atoms with Crippen LogP contribution in [-0.4, -0.2) is 13.7 Å². The third-order valence-electron chi connectivity index (χ3n) is 4.04. The van der Waals surface area contributed by atoms with E-state index in [2.05, 4.69) is 0 Å². The Morgan fingerprint density at radius 1 is 1.32 bits per heavy atom. The van der Waals surface area contributed by atoms with Gasteiger partial charge in [-0.25, -0.2) is 13.2 Å². The molecule has 0 heterocycles. The molecular formula is C14H18F3NO. The highest BCUT2D eigenvalue weighted by atomic mass is 19.3. The van der Waals surface area contributed by atoms with Gasteiger partial charge in [0.15, 0.2) is 11.6 Å². The Hall–Kier alpha value is -1.23. The van der Waals surface area contributed by atoms with Crippen molar-refractivity contribution in [3.63, 3.8) is 0 Å². The van der Waals surface area contributed by atoms with Gasteiger partial charge in [-0.3, -0.25) is 0 Å². The number of alkyl halides is 2. The Labute approximate surface area is 110 Å². The zero-order chi connectivity index (χ0) is 14.0. The van der Waals surface area contributed by atoms with Gasteiger partial charge in [0.25, 0.3) is 6.43 Å². The number of halogens is 3. The normalized spacial score (nSPS) is 18.0. The van der Waals surface area contributed by atoms with E-state index in [1.165, 1.54) is 13.2 Å². The molecule has 2 rings (SSSR count). The number of benzene rings is 1. The van der Waals surface area contributed by atoms with E-state index in [0.29, 0.717) is 12.1 Å². The maximum absolute atomic E-state index is 13.9. The van der Waals surface area contributed by atoms with Gasteiger partial charge >= 0.3 is 0 Å². The second-order valence-corrected chi connectivity index (χ2v) is 5.08. The summed E-state index contributed by atoms with van der Waals surface area (Å²) in [6, 6.07) is 2.19. The van der Waals surface area contributed by atoms with E-state index in [-0.39, 0.29) is 11.3 Å². The van der Waals surface area contributed by atoms with Crippen LogP contribution in [0, 0.1) is 5.82 Å². The van der Waals surface area contributed by atoms with Gasteiger partial charge in [0.2, 0.25) is 0 Å². The molecule has 1 aliphatic carbocycles. The molecule has 1 aromatic rings. The number of hydrogen-bond donors (Lipinski definition) is 1. The molecule has 1 fully saturated rings. The van der Waals surface area contributed by atoms with Gasteiger partial charge in [-0.1, -0.05) is 12.8 Å². The molecule has 5 heteroatoms. The molecule has 1 aromatic carbocycles. The maximum atomic E-state index is 13.9. The summed E-state index contributed by atoms with van der Waals surface area (Å²) in [5.41, 5.74) is 5.58. The van der Waals surface area contributed by atoms with Crippen LogP contribution in [0.4, 0.5) is 13.2 Å². The average molecular weight is 273 g/mol. The second kappa shape index (κ2) is 5.41. The summed E-state index contributed by atoms with van der Waals surface area (Å²) in [6.07, 6.45) is 0.815. The van der Waals surface area contributed by atoms with Gasteiger partial charge in [0.1, 0.15) is 0 Å². The number of ether oxygens (including phenoxy) is 1. The van der Waals surface area contributed by atoms with E-state index in [0.717, 1.165) is 31.7 Å². The fourth-order valence-electron chi connectivity index (χ4n) is 2.98. The molecule has 1 aliphatic rings. The Balaban J connectivity index is 2.58. The molecule has 0 amide bonds. The molecule has 19 heavy (non-hydrogen) atoms. The molecule has 0 bridgehead atoms. The number of methoxy groups -OCH3 is 1. The minimum absolute atomic E-state index is 0.0525. The zero-order valence-electron chi connectivity index (χ0n) is 10.9. The van der Waals surface area contributed by atoms with Crippen molar-refractivity contribution >= 4 is 0 Å². The highest BCUT2D eigenvalue weighted by Gasteiger charge is 2.38. The van der Waals surface area contributed by atoms with Crippen LogP contribution in [0.5, 0.6) is 5.75 Å². The quantitative estimate of drug-likeness (QED) is 0.910. The lowest BCUT2D eigenvalue weighted by Gasteiger charge is -2.30. The van der Waals surface area contributed by atoms with Crippen molar-refractivity contribution in [2.45, 2.75) is 37.5 Å². The molecule has 0 radical (unpaired) electrons. The van der Waals surface area contributed by atoms with Crippen molar-refractivity contribution in [1.82, 2.24) is 0 Å². The molecule has 106 valence electrons. The monoisotopic (exact) mass is 273 g/mol. The summed E-state index contributed by atoms with van der Waals surface area (Å²) in [4.78, 5) is 0. The van der Waals surface area contributed by atoms with Crippen LogP contribution in [0.2, 0.25) is 0 Å². The Kier molecular flexibility index (Phi) is 4.04. The maximum Gasteiger partial charge on any atom is 0.263 e. The van der Waals surface area contributed by atoms with E-state index >= 15 is 0 Å². The minimum atomic E-state index is -2.70. The van der Waals surface area contributed by atoms with Crippen molar-refractivity contribution in [1.29, 1.82) is 0 Å². The fraction of sp³-hybridized carbons (Fsp3) is 0.571. The third kappa shape index (κ3) is 2.43. The first kappa shape index (κ1) is 14.2. The zero-order valence-corrected chi connectivity index (χ0v) is 10.9. The lowest BCUT2D eigenvalue weighted by atomic mass is 9.77. The highest BCUT2D eigenvalue weighted by molar-refractivity contribution is 5.45. The lowest BCUT2D eigenvalue weighted by molar-refractivity contribution is 0.150. The predicted molar refractivity (Wildman–Crippen MR) is 67.1 cm³/mol. The Morgan fingerprint density at radius 2 is 1.95 bits per heavy atom. The highest BCUT2D eigenvalue weighted by Crippen LogP contribution is 2.45. The Bertz CT molecular complexity index is 456. The fourth-order valence-corrected chi connectivity index (χ4v) is 2.98. The standard InChI is InChI=1S/C14H18F3NO/c1-19-12-10(14(8-18)4-2-3-5-14)6-9(13(16)17)7-11(12)15/h6-7,13H,2-5,8,18H2,1H3. The van der Waals surface area contributed by atoms with Gasteiger partial charge in [-0.2, -0.15) is 0 Å². The molecule has 0 aromatic heterocycles. The van der Waals surface area contributed by atoms with Crippen molar-refractivity contribution in [2.75, 3.05) is 13.7 Å². The van der Waals surface area contributed by atoms with Gasteiger partial charge in [-0.05, 0) is 25.0 Å². The SMILES string of the molecule is COc1c(F)cc(C(F)F)cc1C1(CN)CCCC1. The van der Waals surface area contributed by atoms with E-state index in [1.807, 2.05) is 0 Å². The largest absolute Gasteiger partial charge is 0.493 e. The summed E-state index contributed by atoms with van der Waals surface area (Å²) in [5, 5.41) is 0. The first-order valence-corrected chi connectivity index (χ1v) is 6.40. The number of hydrogen-bond acceptors (Lipinski definition) is 2. The molecule has 2 N–H and O–H groups in total. The van der Waals surface area contributed by atoms with Crippen LogP contribution in [0.3, 0.4) is 0 Å². The average Bonchev–Trinajstić information content (AvgIpc) is 2.87. The summed E-state index contributed by atoms with van der Waals surface area (Å²) in [5.74, 6) is -0.688. The summed E-state index contributed by atoms with van der Waals surface area (Å²) < 4.78 is 44.7. The smallest absolute Gasteiger partial charge is 0.263 e. The molecule has 0 saturated heterocycles. The van der Waals surface area contributed by atoms with Crippen molar-refractivity contribution in [3.8, 4) is 5.75 Å². The first-order valence-electron chi connectivity index (χ1n) is 6.40. The second-order valence-electron chi connectivity index (χ2n) is 5.08. The molecule has 0 spiro atoms. The van der Waals surface area contributed by atoms with Crippen LogP contribution < -0.4 is 10.5 Å². The van der Waals surface area contributed by atoms with Crippen LogP contribution in [0.15, 0.2) is 12.1 Å². The van der Waals surface area contributed by atoms with Crippen molar-refractivity contribution < 1.29 is 17.9 Å². The van der Waals surface area contributed by atoms with E-state index < -0.39 is 17.7 Å². The third-order valence-corrected chi connectivity index (χ3v) is 4.04. The van der Waals surface area contributed by atoms with Gasteiger partial charge in [0, 0.05) is 23.1 Å². The number of nitrogens with two attached hydrogens (primary N) is 1. The van der Waals surface area contributed by atoms with E-state index in [4.69, 9.17) is 10.5 Å². The van der Waals surface area contributed by atoms with Gasteiger partial charge < -0.3 is 10.5 Å². The van der Waals surface area contributed by atoms with Gasteiger partial charge in [-0.15, -0.1) is 0 Å². The summed E-state index contributed by atoms with van der Waals surface area (Å²) in [7, 11) is 1.35.